The highest BCUT2D eigenvalue weighted by molar-refractivity contribution is 5.89. The summed E-state index contributed by atoms with van der Waals surface area (Å²) in [5.74, 6) is 0.336. The molecule has 2 N–H and O–H groups in total. The Bertz CT molecular complexity index is 801. The minimum absolute atomic E-state index is 0.00871. The summed E-state index contributed by atoms with van der Waals surface area (Å²) in [6.45, 7) is 1.48. The summed E-state index contributed by atoms with van der Waals surface area (Å²) in [7, 11) is 1.61. The van der Waals surface area contributed by atoms with Crippen LogP contribution < -0.4 is 15.4 Å². The maximum absolute atomic E-state index is 12.9. The molecular weight excluding hydrogens is 361 g/mol. The lowest BCUT2D eigenvalue weighted by Gasteiger charge is -2.31. The van der Waals surface area contributed by atoms with Gasteiger partial charge in [-0.15, -0.1) is 0 Å². The van der Waals surface area contributed by atoms with Crippen LogP contribution in [0.2, 0.25) is 0 Å². The number of carbonyl (C=O) groups is 2. The zero-order valence-corrected chi connectivity index (χ0v) is 15.8. The number of urea groups is 1. The third-order valence-electron chi connectivity index (χ3n) is 4.87. The van der Waals surface area contributed by atoms with E-state index in [0.717, 1.165) is 11.3 Å². The fraction of sp³-hybridized carbons (Fsp3) is 0.333. The van der Waals surface area contributed by atoms with Crippen molar-refractivity contribution in [3.8, 4) is 5.75 Å². The normalized spacial score (nSPS) is 14.4. The number of amides is 3. The van der Waals surface area contributed by atoms with E-state index in [1.165, 1.54) is 24.3 Å². The summed E-state index contributed by atoms with van der Waals surface area (Å²) in [6, 6.07) is 13.0. The van der Waals surface area contributed by atoms with E-state index in [-0.39, 0.29) is 23.7 Å². The van der Waals surface area contributed by atoms with Crippen LogP contribution in [0.15, 0.2) is 48.5 Å². The number of carbonyl (C=O) groups excluding carboxylic acids is 2. The summed E-state index contributed by atoms with van der Waals surface area (Å²) >= 11 is 0. The van der Waals surface area contributed by atoms with E-state index in [1.807, 2.05) is 24.3 Å². The van der Waals surface area contributed by atoms with Crippen molar-refractivity contribution in [2.75, 3.05) is 25.5 Å². The number of rotatable bonds is 5. The fourth-order valence-corrected chi connectivity index (χ4v) is 3.16. The Kier molecular flexibility index (Phi) is 6.47. The standard InChI is InChI=1S/C21H24FN3O3/c1-28-19-8-2-15(3-9-19)14-23-20(26)16-10-12-25(13-11-16)21(27)24-18-6-4-17(22)5-7-18/h2-9,16H,10-14H2,1H3,(H,23,26)(H,24,27). The lowest BCUT2D eigenvalue weighted by Crippen LogP contribution is -2.44. The summed E-state index contributed by atoms with van der Waals surface area (Å²) < 4.78 is 18.1. The maximum atomic E-state index is 12.9. The number of piperidine rings is 1. The number of nitrogens with one attached hydrogen (secondary N) is 2. The third-order valence-corrected chi connectivity index (χ3v) is 4.87. The number of hydrogen-bond donors (Lipinski definition) is 2. The first-order valence-electron chi connectivity index (χ1n) is 9.27. The minimum Gasteiger partial charge on any atom is -0.497 e. The van der Waals surface area contributed by atoms with Crippen LogP contribution in [0, 0.1) is 11.7 Å². The first-order valence-corrected chi connectivity index (χ1v) is 9.27. The quantitative estimate of drug-likeness (QED) is 0.829. The van der Waals surface area contributed by atoms with Gasteiger partial charge in [-0.1, -0.05) is 12.1 Å². The van der Waals surface area contributed by atoms with Gasteiger partial charge in [0.25, 0.3) is 0 Å². The monoisotopic (exact) mass is 385 g/mol. The van der Waals surface area contributed by atoms with Crippen LogP contribution in [0.25, 0.3) is 0 Å². The van der Waals surface area contributed by atoms with Crippen LogP contribution in [-0.4, -0.2) is 37.0 Å². The Morgan fingerprint density at radius 2 is 1.71 bits per heavy atom. The van der Waals surface area contributed by atoms with Crippen molar-refractivity contribution in [1.82, 2.24) is 10.2 Å². The molecule has 1 heterocycles. The average Bonchev–Trinajstić information content (AvgIpc) is 2.74. The van der Waals surface area contributed by atoms with Gasteiger partial charge in [-0.05, 0) is 54.8 Å². The number of benzene rings is 2. The highest BCUT2D eigenvalue weighted by Crippen LogP contribution is 2.19. The number of methoxy groups -OCH3 is 1. The molecule has 0 spiro atoms. The molecule has 7 heteroatoms. The molecule has 28 heavy (non-hydrogen) atoms. The molecule has 2 aromatic carbocycles. The maximum Gasteiger partial charge on any atom is 0.321 e. The van der Waals surface area contributed by atoms with Crippen LogP contribution in [0.1, 0.15) is 18.4 Å². The van der Waals surface area contributed by atoms with E-state index in [4.69, 9.17) is 4.74 Å². The Morgan fingerprint density at radius 3 is 2.32 bits per heavy atom. The average molecular weight is 385 g/mol. The fourth-order valence-electron chi connectivity index (χ4n) is 3.16. The summed E-state index contributed by atoms with van der Waals surface area (Å²) in [5, 5.41) is 5.71. The molecule has 0 aromatic heterocycles. The van der Waals surface area contributed by atoms with E-state index < -0.39 is 0 Å². The van der Waals surface area contributed by atoms with Gasteiger partial charge in [0.15, 0.2) is 0 Å². The minimum atomic E-state index is -0.348. The van der Waals surface area contributed by atoms with Gasteiger partial charge in [0, 0.05) is 31.2 Å². The molecule has 2 aromatic rings. The largest absolute Gasteiger partial charge is 0.497 e. The second-order valence-corrected chi connectivity index (χ2v) is 6.76. The van der Waals surface area contributed by atoms with Crippen molar-refractivity contribution in [2.24, 2.45) is 5.92 Å². The molecule has 0 bridgehead atoms. The molecule has 0 saturated carbocycles. The van der Waals surface area contributed by atoms with E-state index >= 15 is 0 Å². The van der Waals surface area contributed by atoms with Gasteiger partial charge in [0.1, 0.15) is 11.6 Å². The molecule has 1 aliphatic rings. The van der Waals surface area contributed by atoms with E-state index in [0.29, 0.717) is 38.2 Å². The predicted octanol–water partition coefficient (Wildman–Crippen LogP) is 3.39. The van der Waals surface area contributed by atoms with Crippen LogP contribution in [-0.2, 0) is 11.3 Å². The number of hydrogen-bond acceptors (Lipinski definition) is 3. The van der Waals surface area contributed by atoms with Crippen molar-refractivity contribution in [1.29, 1.82) is 0 Å². The molecule has 0 unspecified atom stereocenters. The van der Waals surface area contributed by atoms with E-state index in [1.54, 1.807) is 12.0 Å². The molecule has 0 aliphatic carbocycles. The lowest BCUT2D eigenvalue weighted by atomic mass is 9.96. The SMILES string of the molecule is COc1ccc(CNC(=O)C2CCN(C(=O)Nc3ccc(F)cc3)CC2)cc1. The second kappa shape index (κ2) is 9.21. The Morgan fingerprint density at radius 1 is 1.07 bits per heavy atom. The van der Waals surface area contributed by atoms with Crippen molar-refractivity contribution < 1.29 is 18.7 Å². The van der Waals surface area contributed by atoms with Crippen molar-refractivity contribution in [3.63, 3.8) is 0 Å². The molecule has 0 atom stereocenters. The van der Waals surface area contributed by atoms with Gasteiger partial charge >= 0.3 is 6.03 Å². The topological polar surface area (TPSA) is 70.7 Å². The van der Waals surface area contributed by atoms with Gasteiger partial charge in [-0.3, -0.25) is 4.79 Å². The number of ether oxygens (including phenoxy) is 1. The Balaban J connectivity index is 1.42. The number of halogens is 1. The smallest absolute Gasteiger partial charge is 0.321 e. The van der Waals surface area contributed by atoms with Gasteiger partial charge in [-0.2, -0.15) is 0 Å². The molecule has 1 aliphatic heterocycles. The number of likely N-dealkylation sites (tertiary alicyclic amines) is 1. The Labute approximate surface area is 163 Å². The zero-order valence-electron chi connectivity index (χ0n) is 15.8. The molecule has 3 amide bonds. The predicted molar refractivity (Wildman–Crippen MR) is 105 cm³/mol. The molecule has 0 radical (unpaired) electrons. The summed E-state index contributed by atoms with van der Waals surface area (Å²) in [5.41, 5.74) is 1.55. The van der Waals surface area contributed by atoms with Gasteiger partial charge in [0.05, 0.1) is 7.11 Å². The van der Waals surface area contributed by atoms with Gasteiger partial charge in [-0.25, -0.2) is 9.18 Å². The molecule has 3 rings (SSSR count). The van der Waals surface area contributed by atoms with Crippen molar-refractivity contribution in [2.45, 2.75) is 19.4 Å². The Hall–Kier alpha value is -3.09. The van der Waals surface area contributed by atoms with Gasteiger partial charge in [0.2, 0.25) is 5.91 Å². The summed E-state index contributed by atoms with van der Waals surface area (Å²) in [4.78, 5) is 26.4. The third kappa shape index (κ3) is 5.22. The zero-order chi connectivity index (χ0) is 19.9. The van der Waals surface area contributed by atoms with E-state index in [9.17, 15) is 14.0 Å². The first-order chi connectivity index (χ1) is 13.5. The lowest BCUT2D eigenvalue weighted by molar-refractivity contribution is -0.126. The van der Waals surface area contributed by atoms with Crippen molar-refractivity contribution >= 4 is 17.6 Å². The van der Waals surface area contributed by atoms with Gasteiger partial charge < -0.3 is 20.3 Å². The highest BCUT2D eigenvalue weighted by Gasteiger charge is 2.27. The molecule has 1 fully saturated rings. The number of anilines is 1. The molecule has 1 saturated heterocycles. The van der Waals surface area contributed by atoms with E-state index in [2.05, 4.69) is 10.6 Å². The second-order valence-electron chi connectivity index (χ2n) is 6.76. The molecule has 148 valence electrons. The highest BCUT2D eigenvalue weighted by atomic mass is 19.1. The summed E-state index contributed by atoms with van der Waals surface area (Å²) in [6.07, 6.45) is 1.23. The van der Waals surface area contributed by atoms with Crippen LogP contribution in [0.5, 0.6) is 5.75 Å². The number of nitrogens with zero attached hydrogens (tertiary/aromatic N) is 1. The molecule has 6 nitrogen and oxygen atoms in total. The van der Waals surface area contributed by atoms with Crippen LogP contribution >= 0.6 is 0 Å². The first kappa shape index (κ1) is 19.7. The van der Waals surface area contributed by atoms with Crippen LogP contribution in [0.4, 0.5) is 14.9 Å². The van der Waals surface area contributed by atoms with Crippen LogP contribution in [0.3, 0.4) is 0 Å². The van der Waals surface area contributed by atoms with Crippen molar-refractivity contribution in [3.05, 3.63) is 59.9 Å². The molecular formula is C21H24FN3O3.